The van der Waals surface area contributed by atoms with Crippen LogP contribution < -0.4 is 5.73 Å². The van der Waals surface area contributed by atoms with E-state index in [-0.39, 0.29) is 17.7 Å². The van der Waals surface area contributed by atoms with Crippen molar-refractivity contribution < 1.29 is 9.59 Å². The summed E-state index contributed by atoms with van der Waals surface area (Å²) in [6.07, 6.45) is 2.61. The number of hydrogen-bond donors (Lipinski definition) is 1. The molecule has 1 atom stereocenters. The van der Waals surface area contributed by atoms with Gasteiger partial charge in [-0.05, 0) is 24.5 Å². The molecular formula is C17H22N6O2. The number of carbonyl (C=O) groups is 2. The van der Waals surface area contributed by atoms with Crippen molar-refractivity contribution in [3.63, 3.8) is 0 Å². The van der Waals surface area contributed by atoms with E-state index >= 15 is 0 Å². The Labute approximate surface area is 146 Å². The topological polar surface area (TPSA) is 107 Å². The van der Waals surface area contributed by atoms with Crippen LogP contribution in [0.25, 0.3) is 11.4 Å². The highest BCUT2D eigenvalue weighted by Crippen LogP contribution is 2.17. The minimum Gasteiger partial charge on any atom is -0.369 e. The van der Waals surface area contributed by atoms with Gasteiger partial charge in [0.15, 0.2) is 0 Å². The standard InChI is InChI=1S/C17H22N6O2/c18-16(25)14-8-4-10-22(12-14)15(24)9-5-11-23-20-17(19-21-23)13-6-2-1-3-7-13/h1-3,6-7,14H,4-5,8-12H2,(H2,18,25). The lowest BCUT2D eigenvalue weighted by atomic mass is 9.97. The number of carbonyl (C=O) groups excluding carboxylic acids is 2. The Balaban J connectivity index is 1.47. The minimum atomic E-state index is -0.322. The molecular weight excluding hydrogens is 320 g/mol. The second-order valence-corrected chi connectivity index (χ2v) is 6.26. The summed E-state index contributed by atoms with van der Waals surface area (Å²) in [4.78, 5) is 26.8. The first-order valence-corrected chi connectivity index (χ1v) is 8.54. The molecule has 0 spiro atoms. The lowest BCUT2D eigenvalue weighted by Gasteiger charge is -2.31. The van der Waals surface area contributed by atoms with Crippen LogP contribution in [0.1, 0.15) is 25.7 Å². The van der Waals surface area contributed by atoms with Crippen LogP contribution in [0.5, 0.6) is 0 Å². The summed E-state index contributed by atoms with van der Waals surface area (Å²) in [7, 11) is 0. The first-order chi connectivity index (χ1) is 12.1. The number of hydrogen-bond acceptors (Lipinski definition) is 5. The van der Waals surface area contributed by atoms with Gasteiger partial charge in [-0.2, -0.15) is 4.80 Å². The molecule has 132 valence electrons. The van der Waals surface area contributed by atoms with Gasteiger partial charge < -0.3 is 10.6 Å². The van der Waals surface area contributed by atoms with Gasteiger partial charge in [-0.3, -0.25) is 9.59 Å². The van der Waals surface area contributed by atoms with Gasteiger partial charge in [0.25, 0.3) is 0 Å². The monoisotopic (exact) mass is 342 g/mol. The average Bonchev–Trinajstić information content (AvgIpc) is 3.11. The Morgan fingerprint density at radius 3 is 2.80 bits per heavy atom. The van der Waals surface area contributed by atoms with Crippen molar-refractivity contribution in [2.45, 2.75) is 32.2 Å². The Morgan fingerprint density at radius 1 is 1.24 bits per heavy atom. The second kappa shape index (κ2) is 7.87. The number of nitrogens with zero attached hydrogens (tertiary/aromatic N) is 5. The fraction of sp³-hybridized carbons (Fsp3) is 0.471. The highest BCUT2D eigenvalue weighted by Gasteiger charge is 2.26. The molecule has 1 saturated heterocycles. The molecule has 1 aromatic carbocycles. The Morgan fingerprint density at radius 2 is 2.04 bits per heavy atom. The summed E-state index contributed by atoms with van der Waals surface area (Å²) in [5.74, 6) is 0.0856. The van der Waals surface area contributed by atoms with Gasteiger partial charge in [0.1, 0.15) is 0 Å². The van der Waals surface area contributed by atoms with Crippen molar-refractivity contribution >= 4 is 11.8 Å². The molecule has 0 saturated carbocycles. The summed E-state index contributed by atoms with van der Waals surface area (Å²) in [6, 6.07) is 9.63. The van der Waals surface area contributed by atoms with Crippen LogP contribution >= 0.6 is 0 Å². The van der Waals surface area contributed by atoms with E-state index in [1.165, 1.54) is 4.80 Å². The summed E-state index contributed by atoms with van der Waals surface area (Å²) in [5.41, 5.74) is 6.26. The van der Waals surface area contributed by atoms with Gasteiger partial charge in [-0.25, -0.2) is 0 Å². The van der Waals surface area contributed by atoms with Crippen molar-refractivity contribution in [1.29, 1.82) is 0 Å². The van der Waals surface area contributed by atoms with Crippen LogP contribution in [-0.2, 0) is 16.1 Å². The highest BCUT2D eigenvalue weighted by molar-refractivity contribution is 5.80. The fourth-order valence-corrected chi connectivity index (χ4v) is 3.01. The molecule has 2 heterocycles. The predicted molar refractivity (Wildman–Crippen MR) is 91.0 cm³/mol. The molecule has 1 aliphatic heterocycles. The number of primary amides is 1. The number of likely N-dealkylation sites (tertiary alicyclic amines) is 1. The van der Waals surface area contributed by atoms with Gasteiger partial charge in [-0.15, -0.1) is 10.2 Å². The summed E-state index contributed by atoms with van der Waals surface area (Å²) in [6.45, 7) is 1.66. The zero-order chi connectivity index (χ0) is 17.6. The van der Waals surface area contributed by atoms with Crippen LogP contribution in [-0.4, -0.2) is 50.0 Å². The first-order valence-electron chi connectivity index (χ1n) is 8.54. The van der Waals surface area contributed by atoms with E-state index in [1.54, 1.807) is 4.90 Å². The molecule has 25 heavy (non-hydrogen) atoms. The van der Waals surface area contributed by atoms with Crippen LogP contribution in [0.4, 0.5) is 0 Å². The maximum Gasteiger partial charge on any atom is 0.222 e. The average molecular weight is 342 g/mol. The van der Waals surface area contributed by atoms with Crippen molar-refractivity contribution in [2.75, 3.05) is 13.1 Å². The molecule has 8 nitrogen and oxygen atoms in total. The van der Waals surface area contributed by atoms with Gasteiger partial charge >= 0.3 is 0 Å². The van der Waals surface area contributed by atoms with E-state index in [0.717, 1.165) is 18.4 Å². The molecule has 1 aliphatic rings. The molecule has 2 N–H and O–H groups in total. The van der Waals surface area contributed by atoms with Gasteiger partial charge in [0, 0.05) is 25.1 Å². The molecule has 1 unspecified atom stereocenters. The molecule has 1 fully saturated rings. The molecule has 3 rings (SSSR count). The molecule has 2 aromatic rings. The summed E-state index contributed by atoms with van der Waals surface area (Å²) < 4.78 is 0. The summed E-state index contributed by atoms with van der Waals surface area (Å²) >= 11 is 0. The van der Waals surface area contributed by atoms with E-state index < -0.39 is 0 Å². The molecule has 0 radical (unpaired) electrons. The van der Waals surface area contributed by atoms with Crippen LogP contribution in [0.2, 0.25) is 0 Å². The first kappa shape index (κ1) is 17.1. The lowest BCUT2D eigenvalue weighted by Crippen LogP contribution is -2.44. The van der Waals surface area contributed by atoms with Crippen molar-refractivity contribution in [2.24, 2.45) is 11.7 Å². The number of benzene rings is 1. The fourth-order valence-electron chi connectivity index (χ4n) is 3.01. The van der Waals surface area contributed by atoms with Crippen molar-refractivity contribution in [3.8, 4) is 11.4 Å². The normalized spacial score (nSPS) is 17.4. The van der Waals surface area contributed by atoms with Gasteiger partial charge in [0.2, 0.25) is 17.6 Å². The number of tetrazole rings is 1. The van der Waals surface area contributed by atoms with E-state index in [4.69, 9.17) is 5.73 Å². The number of rotatable bonds is 6. The van der Waals surface area contributed by atoms with Crippen LogP contribution in [0, 0.1) is 5.92 Å². The predicted octanol–water partition coefficient (Wildman–Crippen LogP) is 0.844. The van der Waals surface area contributed by atoms with E-state index in [9.17, 15) is 9.59 Å². The van der Waals surface area contributed by atoms with Gasteiger partial charge in [0.05, 0.1) is 12.5 Å². The molecule has 8 heteroatoms. The van der Waals surface area contributed by atoms with Crippen molar-refractivity contribution in [1.82, 2.24) is 25.1 Å². The number of aryl methyl sites for hydroxylation is 1. The maximum absolute atomic E-state index is 12.3. The van der Waals surface area contributed by atoms with Crippen LogP contribution in [0.3, 0.4) is 0 Å². The number of piperidine rings is 1. The zero-order valence-electron chi connectivity index (χ0n) is 14.0. The summed E-state index contributed by atoms with van der Waals surface area (Å²) in [5, 5.41) is 12.4. The number of amides is 2. The largest absolute Gasteiger partial charge is 0.369 e. The van der Waals surface area contributed by atoms with Crippen LogP contribution in [0.15, 0.2) is 30.3 Å². The SMILES string of the molecule is NC(=O)C1CCCN(C(=O)CCCn2nnc(-c3ccccc3)n2)C1. The number of aromatic nitrogens is 4. The molecule has 2 amide bonds. The molecule has 0 bridgehead atoms. The lowest BCUT2D eigenvalue weighted by molar-refractivity contribution is -0.135. The molecule has 1 aromatic heterocycles. The quantitative estimate of drug-likeness (QED) is 0.837. The zero-order valence-corrected chi connectivity index (χ0v) is 14.0. The third-order valence-corrected chi connectivity index (χ3v) is 4.41. The maximum atomic E-state index is 12.3. The third kappa shape index (κ3) is 4.40. The van der Waals surface area contributed by atoms with E-state index in [2.05, 4.69) is 15.4 Å². The Bertz CT molecular complexity index is 730. The number of nitrogens with two attached hydrogens (primary N) is 1. The third-order valence-electron chi connectivity index (χ3n) is 4.41. The Hall–Kier alpha value is -2.77. The Kier molecular flexibility index (Phi) is 5.37. The van der Waals surface area contributed by atoms with Crippen molar-refractivity contribution in [3.05, 3.63) is 30.3 Å². The second-order valence-electron chi connectivity index (χ2n) is 6.26. The minimum absolute atomic E-state index is 0.0503. The van der Waals surface area contributed by atoms with E-state index in [1.807, 2.05) is 30.3 Å². The van der Waals surface area contributed by atoms with E-state index in [0.29, 0.717) is 38.3 Å². The van der Waals surface area contributed by atoms with Gasteiger partial charge in [-0.1, -0.05) is 30.3 Å². The smallest absolute Gasteiger partial charge is 0.222 e. The highest BCUT2D eigenvalue weighted by atomic mass is 16.2. The molecule has 0 aliphatic carbocycles.